The molecule has 0 atom stereocenters. The smallest absolute Gasteiger partial charge is 0.194 e. The van der Waals surface area contributed by atoms with Crippen LogP contribution in [0.15, 0.2) is 67.0 Å². The van der Waals surface area contributed by atoms with Crippen LogP contribution in [0.3, 0.4) is 0 Å². The number of carbonyl (C=O) groups is 1. The number of hydrogen-bond acceptors (Lipinski definition) is 2. The molecule has 0 aliphatic rings. The molecule has 0 fully saturated rings. The lowest BCUT2D eigenvalue weighted by Crippen LogP contribution is -2.13. The zero-order valence-corrected chi connectivity index (χ0v) is 14.9. The predicted molar refractivity (Wildman–Crippen MR) is 100 cm³/mol. The summed E-state index contributed by atoms with van der Waals surface area (Å²) in [6.07, 6.45) is 3.80. The molecule has 2 aromatic carbocycles. The summed E-state index contributed by atoms with van der Waals surface area (Å²) >= 11 is 0. The van der Waals surface area contributed by atoms with Crippen LogP contribution in [-0.4, -0.2) is 15.5 Å². The summed E-state index contributed by atoms with van der Waals surface area (Å²) < 4.78 is 2.01. The fourth-order valence-electron chi connectivity index (χ4n) is 2.91. The first-order valence-electron chi connectivity index (χ1n) is 8.42. The number of aromatic hydroxyl groups is 1. The molecule has 3 heteroatoms. The Bertz CT molecular complexity index is 886. The van der Waals surface area contributed by atoms with E-state index >= 15 is 0 Å². The number of nitrogens with zero attached hydrogens (tertiary/aromatic N) is 1. The zero-order valence-electron chi connectivity index (χ0n) is 14.9. The SMILES string of the molecule is CC(C)(C)c1cc(C(=O)c2ccn(Cc3ccccc3)c2)ccc1O. The van der Waals surface area contributed by atoms with Crippen LogP contribution >= 0.6 is 0 Å². The van der Waals surface area contributed by atoms with Crippen molar-refractivity contribution < 1.29 is 9.90 Å². The molecular formula is C22H23NO2. The summed E-state index contributed by atoms with van der Waals surface area (Å²) in [5.41, 5.74) is 3.00. The molecule has 1 aromatic heterocycles. The highest BCUT2D eigenvalue weighted by Crippen LogP contribution is 2.31. The summed E-state index contributed by atoms with van der Waals surface area (Å²) in [6, 6.07) is 17.1. The average Bonchev–Trinajstić information content (AvgIpc) is 3.03. The molecule has 0 amide bonds. The van der Waals surface area contributed by atoms with Gasteiger partial charge in [-0.3, -0.25) is 4.79 Å². The second-order valence-corrected chi connectivity index (χ2v) is 7.37. The minimum atomic E-state index is -0.223. The molecule has 0 aliphatic carbocycles. The molecule has 0 saturated carbocycles. The molecule has 0 spiro atoms. The van der Waals surface area contributed by atoms with E-state index in [1.54, 1.807) is 18.2 Å². The molecule has 0 unspecified atom stereocenters. The van der Waals surface area contributed by atoms with Crippen LogP contribution in [-0.2, 0) is 12.0 Å². The first kappa shape index (κ1) is 17.0. The Morgan fingerprint density at radius 2 is 1.72 bits per heavy atom. The number of phenols is 1. The third kappa shape index (κ3) is 3.82. The Balaban J connectivity index is 1.85. The summed E-state index contributed by atoms with van der Waals surface area (Å²) in [5.74, 6) is 0.197. The lowest BCUT2D eigenvalue weighted by atomic mass is 9.84. The van der Waals surface area contributed by atoms with Crippen molar-refractivity contribution in [2.75, 3.05) is 0 Å². The van der Waals surface area contributed by atoms with Gasteiger partial charge >= 0.3 is 0 Å². The molecule has 25 heavy (non-hydrogen) atoms. The van der Waals surface area contributed by atoms with Crippen LogP contribution in [0.2, 0.25) is 0 Å². The van der Waals surface area contributed by atoms with Gasteiger partial charge in [0.25, 0.3) is 0 Å². The fraction of sp³-hybridized carbons (Fsp3) is 0.227. The Kier molecular flexibility index (Phi) is 4.49. The van der Waals surface area contributed by atoms with E-state index in [1.165, 1.54) is 5.56 Å². The quantitative estimate of drug-likeness (QED) is 0.699. The largest absolute Gasteiger partial charge is 0.508 e. The number of benzene rings is 2. The minimum absolute atomic E-state index is 0.0303. The summed E-state index contributed by atoms with van der Waals surface area (Å²) in [6.45, 7) is 6.79. The van der Waals surface area contributed by atoms with Crippen LogP contribution in [0.25, 0.3) is 0 Å². The highest BCUT2D eigenvalue weighted by molar-refractivity contribution is 6.09. The van der Waals surface area contributed by atoms with E-state index in [4.69, 9.17) is 0 Å². The molecule has 0 aliphatic heterocycles. The van der Waals surface area contributed by atoms with Gasteiger partial charge in [-0.05, 0) is 40.8 Å². The number of hydrogen-bond donors (Lipinski definition) is 1. The molecule has 0 radical (unpaired) electrons. The highest BCUT2D eigenvalue weighted by atomic mass is 16.3. The van der Waals surface area contributed by atoms with Crippen molar-refractivity contribution in [1.82, 2.24) is 4.57 Å². The van der Waals surface area contributed by atoms with Crippen LogP contribution in [0.5, 0.6) is 5.75 Å². The second kappa shape index (κ2) is 6.60. The van der Waals surface area contributed by atoms with Crippen molar-refractivity contribution >= 4 is 5.78 Å². The fourth-order valence-corrected chi connectivity index (χ4v) is 2.91. The van der Waals surface area contributed by atoms with Crippen molar-refractivity contribution in [3.8, 4) is 5.75 Å². The topological polar surface area (TPSA) is 42.2 Å². The number of aromatic nitrogens is 1. The van der Waals surface area contributed by atoms with Crippen LogP contribution in [0, 0.1) is 0 Å². The van der Waals surface area contributed by atoms with Crippen LogP contribution in [0.1, 0.15) is 47.8 Å². The number of phenolic OH excluding ortho intramolecular Hbond substituents is 1. The Morgan fingerprint density at radius 3 is 2.40 bits per heavy atom. The monoisotopic (exact) mass is 333 g/mol. The van der Waals surface area contributed by atoms with E-state index in [1.807, 2.05) is 62.0 Å². The van der Waals surface area contributed by atoms with Crippen molar-refractivity contribution in [2.24, 2.45) is 0 Å². The molecule has 0 saturated heterocycles. The number of ketones is 1. The number of carbonyl (C=O) groups excluding carboxylic acids is 1. The van der Waals surface area contributed by atoms with E-state index in [2.05, 4.69) is 12.1 Å². The van der Waals surface area contributed by atoms with E-state index < -0.39 is 0 Å². The van der Waals surface area contributed by atoms with E-state index in [-0.39, 0.29) is 16.9 Å². The molecule has 3 rings (SSSR count). The average molecular weight is 333 g/mol. The summed E-state index contributed by atoms with van der Waals surface area (Å²) in [5, 5.41) is 10.1. The van der Waals surface area contributed by atoms with Gasteiger partial charge in [0.2, 0.25) is 0 Å². The van der Waals surface area contributed by atoms with Gasteiger partial charge in [0.05, 0.1) is 0 Å². The molecule has 3 aromatic rings. The summed E-state index contributed by atoms with van der Waals surface area (Å²) in [4.78, 5) is 12.8. The molecule has 1 heterocycles. The second-order valence-electron chi connectivity index (χ2n) is 7.37. The Morgan fingerprint density at radius 1 is 1.00 bits per heavy atom. The normalized spacial score (nSPS) is 11.5. The van der Waals surface area contributed by atoms with Gasteiger partial charge in [0, 0.05) is 30.1 Å². The van der Waals surface area contributed by atoms with Crippen molar-refractivity contribution in [3.63, 3.8) is 0 Å². The van der Waals surface area contributed by atoms with Gasteiger partial charge < -0.3 is 9.67 Å². The molecular weight excluding hydrogens is 310 g/mol. The van der Waals surface area contributed by atoms with Crippen LogP contribution in [0.4, 0.5) is 0 Å². The maximum Gasteiger partial charge on any atom is 0.194 e. The lowest BCUT2D eigenvalue weighted by Gasteiger charge is -2.21. The number of rotatable bonds is 4. The van der Waals surface area contributed by atoms with Crippen molar-refractivity contribution in [3.05, 3.63) is 89.2 Å². The third-order valence-electron chi connectivity index (χ3n) is 4.29. The first-order chi connectivity index (χ1) is 11.8. The molecule has 128 valence electrons. The standard InChI is InChI=1S/C22H23NO2/c1-22(2,3)19-13-17(9-10-20(19)24)21(25)18-11-12-23(15-18)14-16-7-5-4-6-8-16/h4-13,15,24H,14H2,1-3H3. The van der Waals surface area contributed by atoms with E-state index in [0.717, 1.165) is 12.1 Å². The lowest BCUT2D eigenvalue weighted by molar-refractivity contribution is 0.103. The Hall–Kier alpha value is -2.81. The van der Waals surface area contributed by atoms with Gasteiger partial charge in [0.15, 0.2) is 5.78 Å². The van der Waals surface area contributed by atoms with Crippen molar-refractivity contribution in [1.29, 1.82) is 0 Å². The molecule has 1 N–H and O–H groups in total. The maximum atomic E-state index is 12.8. The van der Waals surface area contributed by atoms with E-state index in [9.17, 15) is 9.90 Å². The van der Waals surface area contributed by atoms with Gasteiger partial charge in [-0.25, -0.2) is 0 Å². The van der Waals surface area contributed by atoms with Crippen molar-refractivity contribution in [2.45, 2.75) is 32.7 Å². The molecule has 3 nitrogen and oxygen atoms in total. The predicted octanol–water partition coefficient (Wildman–Crippen LogP) is 4.77. The molecule has 0 bridgehead atoms. The van der Waals surface area contributed by atoms with Gasteiger partial charge in [-0.2, -0.15) is 0 Å². The van der Waals surface area contributed by atoms with Gasteiger partial charge in [0.1, 0.15) is 5.75 Å². The minimum Gasteiger partial charge on any atom is -0.508 e. The Labute approximate surface area is 148 Å². The van der Waals surface area contributed by atoms with Gasteiger partial charge in [-0.1, -0.05) is 51.1 Å². The third-order valence-corrected chi connectivity index (χ3v) is 4.29. The first-order valence-corrected chi connectivity index (χ1v) is 8.42. The van der Waals surface area contributed by atoms with Crippen LogP contribution < -0.4 is 0 Å². The van der Waals surface area contributed by atoms with Gasteiger partial charge in [-0.15, -0.1) is 0 Å². The summed E-state index contributed by atoms with van der Waals surface area (Å²) in [7, 11) is 0. The maximum absolute atomic E-state index is 12.8. The zero-order chi connectivity index (χ0) is 18.0. The van der Waals surface area contributed by atoms with E-state index in [0.29, 0.717) is 11.1 Å². The highest BCUT2D eigenvalue weighted by Gasteiger charge is 2.20.